The summed E-state index contributed by atoms with van der Waals surface area (Å²) in [5.74, 6) is 6.29. The predicted octanol–water partition coefficient (Wildman–Crippen LogP) is 0.841. The van der Waals surface area contributed by atoms with E-state index >= 15 is 0 Å². The maximum atomic E-state index is 5.60. The van der Waals surface area contributed by atoms with Crippen LogP contribution in [-0.2, 0) is 13.5 Å². The lowest BCUT2D eigenvalue weighted by molar-refractivity contribution is 0.405. The van der Waals surface area contributed by atoms with Gasteiger partial charge in [0.05, 0.1) is 5.69 Å². The molecule has 2 rings (SSSR count). The predicted molar refractivity (Wildman–Crippen MR) is 59.9 cm³/mol. The summed E-state index contributed by atoms with van der Waals surface area (Å²) in [6.45, 7) is 4.58. The van der Waals surface area contributed by atoms with Crippen molar-refractivity contribution < 1.29 is 0 Å². The first-order chi connectivity index (χ1) is 7.03. The standard InChI is InChI=1S/C11H20N4/c1-11(2)7-9(11)10(13-12)6-8-4-5-15(3)14-8/h4-5,9-10,13H,6-7,12H2,1-3H3. The van der Waals surface area contributed by atoms with Crippen LogP contribution in [0.25, 0.3) is 0 Å². The molecule has 1 aromatic heterocycles. The molecule has 1 heterocycles. The number of nitrogens with two attached hydrogens (primary N) is 1. The van der Waals surface area contributed by atoms with Crippen LogP contribution in [0.5, 0.6) is 0 Å². The Labute approximate surface area is 90.8 Å². The summed E-state index contributed by atoms with van der Waals surface area (Å²) < 4.78 is 1.83. The van der Waals surface area contributed by atoms with E-state index in [1.165, 1.54) is 6.42 Å². The Morgan fingerprint density at radius 2 is 2.40 bits per heavy atom. The highest BCUT2D eigenvalue weighted by Crippen LogP contribution is 2.53. The molecule has 0 aliphatic heterocycles. The highest BCUT2D eigenvalue weighted by atomic mass is 15.3. The molecular weight excluding hydrogens is 188 g/mol. The van der Waals surface area contributed by atoms with Crippen LogP contribution in [0.15, 0.2) is 12.3 Å². The number of hydrogen-bond donors (Lipinski definition) is 2. The molecular formula is C11H20N4. The van der Waals surface area contributed by atoms with Crippen molar-refractivity contribution in [1.29, 1.82) is 0 Å². The van der Waals surface area contributed by atoms with Gasteiger partial charge in [0.1, 0.15) is 0 Å². The fourth-order valence-corrected chi connectivity index (χ4v) is 2.31. The molecule has 0 saturated heterocycles. The van der Waals surface area contributed by atoms with Gasteiger partial charge in [-0.25, -0.2) is 0 Å². The van der Waals surface area contributed by atoms with Gasteiger partial charge < -0.3 is 0 Å². The highest BCUT2D eigenvalue weighted by Gasteiger charge is 2.49. The van der Waals surface area contributed by atoms with Gasteiger partial charge in [0.2, 0.25) is 0 Å². The summed E-state index contributed by atoms with van der Waals surface area (Å²) in [5.41, 5.74) is 4.49. The van der Waals surface area contributed by atoms with Crippen LogP contribution in [0.3, 0.4) is 0 Å². The van der Waals surface area contributed by atoms with Crippen molar-refractivity contribution in [1.82, 2.24) is 15.2 Å². The summed E-state index contributed by atoms with van der Waals surface area (Å²) in [6.07, 6.45) is 4.15. The van der Waals surface area contributed by atoms with Gasteiger partial charge in [-0.15, -0.1) is 0 Å². The van der Waals surface area contributed by atoms with Gasteiger partial charge in [-0.1, -0.05) is 13.8 Å². The van der Waals surface area contributed by atoms with Gasteiger partial charge in [0.25, 0.3) is 0 Å². The molecule has 2 unspecified atom stereocenters. The zero-order valence-electron chi connectivity index (χ0n) is 9.70. The third-order valence-corrected chi connectivity index (χ3v) is 3.49. The SMILES string of the molecule is Cn1ccc(CC(NN)C2CC2(C)C)n1. The summed E-state index contributed by atoms with van der Waals surface area (Å²) in [5, 5.41) is 4.38. The fraction of sp³-hybridized carbons (Fsp3) is 0.727. The molecule has 1 aliphatic rings. The van der Waals surface area contributed by atoms with E-state index in [2.05, 4.69) is 30.4 Å². The third-order valence-electron chi connectivity index (χ3n) is 3.49. The lowest BCUT2D eigenvalue weighted by atomic mass is 10.0. The molecule has 15 heavy (non-hydrogen) atoms. The Morgan fingerprint density at radius 3 is 2.80 bits per heavy atom. The van der Waals surface area contributed by atoms with Crippen molar-refractivity contribution in [2.24, 2.45) is 24.2 Å². The summed E-state index contributed by atoms with van der Waals surface area (Å²) in [7, 11) is 1.94. The van der Waals surface area contributed by atoms with Crippen LogP contribution in [0.1, 0.15) is 26.0 Å². The minimum Gasteiger partial charge on any atom is -0.276 e. The van der Waals surface area contributed by atoms with Crippen molar-refractivity contribution in [2.45, 2.75) is 32.7 Å². The second-order valence-corrected chi connectivity index (χ2v) is 5.26. The van der Waals surface area contributed by atoms with E-state index in [9.17, 15) is 0 Å². The topological polar surface area (TPSA) is 55.9 Å². The van der Waals surface area contributed by atoms with Crippen LogP contribution < -0.4 is 11.3 Å². The number of nitrogens with zero attached hydrogens (tertiary/aromatic N) is 2. The normalized spacial score (nSPS) is 25.2. The molecule has 1 aromatic rings. The van der Waals surface area contributed by atoms with Gasteiger partial charge >= 0.3 is 0 Å². The van der Waals surface area contributed by atoms with Crippen molar-refractivity contribution in [2.75, 3.05) is 0 Å². The first-order valence-corrected chi connectivity index (χ1v) is 5.47. The Bertz CT molecular complexity index is 342. The van der Waals surface area contributed by atoms with Gasteiger partial charge in [-0.3, -0.25) is 16.0 Å². The van der Waals surface area contributed by atoms with E-state index in [1.54, 1.807) is 0 Å². The van der Waals surface area contributed by atoms with E-state index < -0.39 is 0 Å². The minimum absolute atomic E-state index is 0.356. The second kappa shape index (κ2) is 3.61. The highest BCUT2D eigenvalue weighted by molar-refractivity contribution is 5.08. The molecule has 0 amide bonds. The van der Waals surface area contributed by atoms with Crippen LogP contribution in [0.4, 0.5) is 0 Å². The van der Waals surface area contributed by atoms with Crippen LogP contribution in [-0.4, -0.2) is 15.8 Å². The van der Waals surface area contributed by atoms with Crippen LogP contribution in [0, 0.1) is 11.3 Å². The Kier molecular flexibility index (Phi) is 2.56. The molecule has 2 atom stereocenters. The van der Waals surface area contributed by atoms with Crippen LogP contribution >= 0.6 is 0 Å². The lowest BCUT2D eigenvalue weighted by Gasteiger charge is -2.16. The van der Waals surface area contributed by atoms with Crippen molar-refractivity contribution in [3.63, 3.8) is 0 Å². The largest absolute Gasteiger partial charge is 0.276 e. The molecule has 1 aliphatic carbocycles. The fourth-order valence-electron chi connectivity index (χ4n) is 2.31. The third kappa shape index (κ3) is 2.21. The number of rotatable bonds is 4. The van der Waals surface area contributed by atoms with Crippen molar-refractivity contribution >= 4 is 0 Å². The molecule has 0 bridgehead atoms. The zero-order chi connectivity index (χ0) is 11.1. The number of hydrogen-bond acceptors (Lipinski definition) is 3. The first-order valence-electron chi connectivity index (χ1n) is 5.47. The average molecular weight is 208 g/mol. The van der Waals surface area contributed by atoms with E-state index in [0.29, 0.717) is 17.4 Å². The minimum atomic E-state index is 0.356. The van der Waals surface area contributed by atoms with E-state index in [4.69, 9.17) is 5.84 Å². The Hall–Kier alpha value is -0.870. The quantitative estimate of drug-likeness (QED) is 0.569. The monoisotopic (exact) mass is 208 g/mol. The summed E-state index contributed by atoms with van der Waals surface area (Å²) >= 11 is 0. The van der Waals surface area contributed by atoms with E-state index in [1.807, 2.05) is 17.9 Å². The summed E-state index contributed by atoms with van der Waals surface area (Å²) in [4.78, 5) is 0. The maximum Gasteiger partial charge on any atom is 0.0640 e. The molecule has 1 fully saturated rings. The van der Waals surface area contributed by atoms with Gasteiger partial charge in [0.15, 0.2) is 0 Å². The van der Waals surface area contributed by atoms with E-state index in [-0.39, 0.29) is 0 Å². The molecule has 4 heteroatoms. The Balaban J connectivity index is 1.98. The molecule has 84 valence electrons. The van der Waals surface area contributed by atoms with Gasteiger partial charge in [0, 0.05) is 25.7 Å². The average Bonchev–Trinajstić information content (AvgIpc) is 2.59. The van der Waals surface area contributed by atoms with Crippen LogP contribution in [0.2, 0.25) is 0 Å². The molecule has 3 N–H and O–H groups in total. The molecule has 0 spiro atoms. The van der Waals surface area contributed by atoms with Gasteiger partial charge in [-0.2, -0.15) is 5.10 Å². The number of hydrazine groups is 1. The van der Waals surface area contributed by atoms with E-state index in [0.717, 1.165) is 12.1 Å². The number of aromatic nitrogens is 2. The summed E-state index contributed by atoms with van der Waals surface area (Å²) in [6, 6.07) is 2.41. The Morgan fingerprint density at radius 1 is 1.73 bits per heavy atom. The van der Waals surface area contributed by atoms with Crippen molar-refractivity contribution in [3.05, 3.63) is 18.0 Å². The molecule has 1 saturated carbocycles. The molecule has 0 radical (unpaired) electrons. The zero-order valence-corrected chi connectivity index (χ0v) is 9.70. The molecule has 0 aromatic carbocycles. The van der Waals surface area contributed by atoms with Crippen molar-refractivity contribution in [3.8, 4) is 0 Å². The number of nitrogens with one attached hydrogen (secondary N) is 1. The first kappa shape index (κ1) is 10.6. The smallest absolute Gasteiger partial charge is 0.0640 e. The molecule has 4 nitrogen and oxygen atoms in total. The number of aryl methyl sites for hydroxylation is 1. The van der Waals surface area contributed by atoms with Gasteiger partial charge in [-0.05, 0) is 23.8 Å². The second-order valence-electron chi connectivity index (χ2n) is 5.26. The lowest BCUT2D eigenvalue weighted by Crippen LogP contribution is -2.39. The maximum absolute atomic E-state index is 5.60.